The highest BCUT2D eigenvalue weighted by Gasteiger charge is 2.34. The topological polar surface area (TPSA) is 41.5 Å². The number of halogens is 4. The van der Waals surface area contributed by atoms with E-state index in [0.717, 1.165) is 6.07 Å². The predicted octanol–water partition coefficient (Wildman–Crippen LogP) is 4.43. The lowest BCUT2D eigenvalue weighted by Gasteiger charge is -2.09. The van der Waals surface area contributed by atoms with Crippen molar-refractivity contribution in [3.8, 4) is 0 Å². The molecule has 1 aliphatic rings. The summed E-state index contributed by atoms with van der Waals surface area (Å²) in [5.74, 6) is -0.583. The van der Waals surface area contributed by atoms with Crippen LogP contribution in [0.2, 0.25) is 5.02 Å². The van der Waals surface area contributed by atoms with Crippen LogP contribution in [-0.4, -0.2) is 11.6 Å². The van der Waals surface area contributed by atoms with Gasteiger partial charge in [-0.05, 0) is 18.2 Å². The summed E-state index contributed by atoms with van der Waals surface area (Å²) >= 11 is 5.96. The lowest BCUT2D eigenvalue weighted by Crippen LogP contribution is -2.14. The smallest absolute Gasteiger partial charge is 0.319 e. The van der Waals surface area contributed by atoms with Crippen LogP contribution in [0.1, 0.15) is 11.1 Å². The van der Waals surface area contributed by atoms with Gasteiger partial charge in [-0.1, -0.05) is 35.9 Å². The van der Waals surface area contributed by atoms with E-state index in [1.165, 1.54) is 18.2 Å². The molecule has 2 aromatic rings. The van der Waals surface area contributed by atoms with E-state index in [1.54, 1.807) is 18.2 Å². The van der Waals surface area contributed by atoms with E-state index in [-0.39, 0.29) is 11.4 Å². The van der Waals surface area contributed by atoms with Gasteiger partial charge in [0.25, 0.3) is 5.91 Å². The van der Waals surface area contributed by atoms with Crippen molar-refractivity contribution < 1.29 is 18.0 Å². The summed E-state index contributed by atoms with van der Waals surface area (Å²) in [5, 5.41) is 2.82. The number of rotatable bonds is 1. The second kappa shape index (κ2) is 5.14. The minimum absolute atomic E-state index is 0.0887. The summed E-state index contributed by atoms with van der Waals surface area (Å²) in [6, 6.07) is 9.59. The normalized spacial score (nSPS) is 15.8. The van der Waals surface area contributed by atoms with E-state index in [9.17, 15) is 18.0 Å². The van der Waals surface area contributed by atoms with Gasteiger partial charge in [-0.25, -0.2) is 4.99 Å². The van der Waals surface area contributed by atoms with Crippen molar-refractivity contribution in [3.05, 3.63) is 58.6 Å². The molecule has 7 heteroatoms. The van der Waals surface area contributed by atoms with Crippen LogP contribution in [0.3, 0.4) is 0 Å². The first kappa shape index (κ1) is 14.6. The van der Waals surface area contributed by atoms with Crippen molar-refractivity contribution in [2.45, 2.75) is 6.18 Å². The zero-order chi connectivity index (χ0) is 15.9. The van der Waals surface area contributed by atoms with E-state index in [1.807, 2.05) is 0 Å². The van der Waals surface area contributed by atoms with Crippen LogP contribution < -0.4 is 5.32 Å². The van der Waals surface area contributed by atoms with Crippen LogP contribution in [0.15, 0.2) is 47.5 Å². The second-order valence-electron chi connectivity index (χ2n) is 4.59. The van der Waals surface area contributed by atoms with E-state index >= 15 is 0 Å². The van der Waals surface area contributed by atoms with E-state index < -0.39 is 17.6 Å². The number of amides is 1. The number of hydrogen-bond acceptors (Lipinski definition) is 2. The van der Waals surface area contributed by atoms with Gasteiger partial charge in [0.05, 0.1) is 22.0 Å². The number of nitrogens with zero attached hydrogens (tertiary/aromatic N) is 1. The predicted molar refractivity (Wildman–Crippen MR) is 77.7 cm³/mol. The van der Waals surface area contributed by atoms with Gasteiger partial charge in [-0.15, -0.1) is 0 Å². The average Bonchev–Trinajstić information content (AvgIpc) is 2.77. The number of alkyl halides is 3. The zero-order valence-corrected chi connectivity index (χ0v) is 11.7. The molecule has 0 spiro atoms. The summed E-state index contributed by atoms with van der Waals surface area (Å²) in [4.78, 5) is 15.9. The second-order valence-corrected chi connectivity index (χ2v) is 5.00. The van der Waals surface area contributed by atoms with Crippen molar-refractivity contribution in [1.82, 2.24) is 0 Å². The van der Waals surface area contributed by atoms with Crippen molar-refractivity contribution in [2.24, 2.45) is 4.99 Å². The van der Waals surface area contributed by atoms with Crippen molar-refractivity contribution in [2.75, 3.05) is 5.32 Å². The van der Waals surface area contributed by atoms with E-state index in [0.29, 0.717) is 16.3 Å². The Morgan fingerprint density at radius 1 is 1.05 bits per heavy atom. The number of para-hydroxylation sites is 2. The molecule has 112 valence electrons. The molecule has 0 saturated carbocycles. The number of anilines is 1. The van der Waals surface area contributed by atoms with E-state index in [4.69, 9.17) is 11.6 Å². The number of fused-ring (bicyclic) bond motifs is 1. The van der Waals surface area contributed by atoms with Crippen molar-refractivity contribution >= 4 is 34.6 Å². The molecule has 0 aromatic heterocycles. The van der Waals surface area contributed by atoms with Gasteiger partial charge in [0.15, 0.2) is 0 Å². The SMILES string of the molecule is O=C1Nc2c(Cl)cccc2C1=Nc1ccccc1C(F)(F)F. The molecule has 0 fully saturated rings. The number of hydrogen-bond donors (Lipinski definition) is 1. The Labute approximate surface area is 128 Å². The molecule has 3 nitrogen and oxygen atoms in total. The van der Waals surface area contributed by atoms with Gasteiger partial charge in [0.2, 0.25) is 0 Å². The first-order chi connectivity index (χ1) is 10.4. The average molecular weight is 325 g/mol. The summed E-state index contributed by atoms with van der Waals surface area (Å²) in [7, 11) is 0. The number of carbonyl (C=O) groups excluding carboxylic acids is 1. The van der Waals surface area contributed by atoms with Crippen LogP contribution >= 0.6 is 11.6 Å². The Balaban J connectivity index is 2.16. The molecular weight excluding hydrogens is 317 g/mol. The molecule has 0 radical (unpaired) electrons. The number of benzene rings is 2. The summed E-state index contributed by atoms with van der Waals surface area (Å²) in [5.41, 5.74) is -0.556. The minimum atomic E-state index is -4.55. The van der Waals surface area contributed by atoms with Crippen molar-refractivity contribution in [3.63, 3.8) is 0 Å². The fourth-order valence-electron chi connectivity index (χ4n) is 2.19. The Bertz CT molecular complexity index is 800. The monoisotopic (exact) mass is 324 g/mol. The van der Waals surface area contributed by atoms with Gasteiger partial charge >= 0.3 is 6.18 Å². The van der Waals surface area contributed by atoms with Crippen molar-refractivity contribution in [1.29, 1.82) is 0 Å². The third kappa shape index (κ3) is 2.46. The largest absolute Gasteiger partial charge is 0.418 e. The molecule has 0 aliphatic carbocycles. The molecule has 1 amide bonds. The molecule has 0 atom stereocenters. The Morgan fingerprint density at radius 3 is 2.50 bits per heavy atom. The maximum Gasteiger partial charge on any atom is 0.418 e. The first-order valence-corrected chi connectivity index (χ1v) is 6.61. The highest BCUT2D eigenvalue weighted by atomic mass is 35.5. The van der Waals surface area contributed by atoms with Crippen LogP contribution in [-0.2, 0) is 11.0 Å². The Hall–Kier alpha value is -2.34. The van der Waals surface area contributed by atoms with Crippen LogP contribution in [0.5, 0.6) is 0 Å². The lowest BCUT2D eigenvalue weighted by molar-refractivity contribution is -0.137. The summed E-state index contributed by atoms with van der Waals surface area (Å²) in [6.07, 6.45) is -4.55. The highest BCUT2D eigenvalue weighted by Crippen LogP contribution is 2.38. The molecule has 1 aliphatic heterocycles. The first-order valence-electron chi connectivity index (χ1n) is 6.23. The third-order valence-corrected chi connectivity index (χ3v) is 3.48. The zero-order valence-electron chi connectivity index (χ0n) is 10.9. The van der Waals surface area contributed by atoms with Gasteiger partial charge in [-0.2, -0.15) is 13.2 Å². The Kier molecular flexibility index (Phi) is 3.41. The number of nitrogens with one attached hydrogen (secondary N) is 1. The third-order valence-electron chi connectivity index (χ3n) is 3.16. The molecule has 1 heterocycles. The van der Waals surface area contributed by atoms with Gasteiger partial charge in [-0.3, -0.25) is 4.79 Å². The molecular formula is C15H8ClF3N2O. The van der Waals surface area contributed by atoms with Gasteiger partial charge in [0.1, 0.15) is 5.71 Å². The molecule has 0 saturated heterocycles. The minimum Gasteiger partial charge on any atom is -0.319 e. The fourth-order valence-corrected chi connectivity index (χ4v) is 2.41. The molecule has 2 aromatic carbocycles. The summed E-state index contributed by atoms with van der Waals surface area (Å²) in [6.45, 7) is 0. The summed E-state index contributed by atoms with van der Waals surface area (Å²) < 4.78 is 39.0. The molecule has 0 unspecified atom stereocenters. The molecule has 22 heavy (non-hydrogen) atoms. The van der Waals surface area contributed by atoms with Gasteiger partial charge < -0.3 is 5.32 Å². The van der Waals surface area contributed by atoms with Crippen LogP contribution in [0.25, 0.3) is 0 Å². The maximum absolute atomic E-state index is 13.0. The Morgan fingerprint density at radius 2 is 1.77 bits per heavy atom. The quantitative estimate of drug-likeness (QED) is 0.828. The van der Waals surface area contributed by atoms with Gasteiger partial charge in [0, 0.05) is 5.56 Å². The maximum atomic E-state index is 13.0. The van der Waals surface area contributed by atoms with E-state index in [2.05, 4.69) is 10.3 Å². The molecule has 1 N–H and O–H groups in total. The highest BCUT2D eigenvalue weighted by molar-refractivity contribution is 6.55. The molecule has 3 rings (SSSR count). The van der Waals surface area contributed by atoms with Crippen LogP contribution in [0, 0.1) is 0 Å². The number of aliphatic imine (C=N–C) groups is 1. The number of carbonyl (C=O) groups is 1. The molecule has 0 bridgehead atoms. The van der Waals surface area contributed by atoms with Crippen LogP contribution in [0.4, 0.5) is 24.5 Å². The standard InChI is InChI=1S/C15H8ClF3N2O/c16-10-6-3-4-8-12(10)21-14(22)13(8)20-11-7-2-1-5-9(11)15(17,18)19/h1-7H,(H,20,21,22). The lowest BCUT2D eigenvalue weighted by atomic mass is 10.1. The fraction of sp³-hybridized carbons (Fsp3) is 0.0667.